The van der Waals surface area contributed by atoms with Gasteiger partial charge in [-0.05, 0) is 87.2 Å². The fourth-order valence-corrected chi connectivity index (χ4v) is 9.14. The van der Waals surface area contributed by atoms with E-state index in [4.69, 9.17) is 24.2 Å². The molecular formula is C46H53N5O8P+. The Labute approximate surface area is 352 Å². The lowest BCUT2D eigenvalue weighted by Crippen LogP contribution is -2.61. The third kappa shape index (κ3) is 8.25. The molecule has 0 aromatic heterocycles. The van der Waals surface area contributed by atoms with Crippen LogP contribution in [0.4, 0.5) is 4.79 Å². The number of amidine groups is 1. The van der Waals surface area contributed by atoms with E-state index in [0.717, 1.165) is 0 Å². The normalized spacial score (nSPS) is 22.6. The van der Waals surface area contributed by atoms with Gasteiger partial charge in [0.15, 0.2) is 5.84 Å². The number of aliphatic hydroxyl groups is 1. The zero-order valence-electron chi connectivity index (χ0n) is 34.7. The molecule has 0 bridgehead atoms. The molecule has 0 spiro atoms. The van der Waals surface area contributed by atoms with Crippen LogP contribution in [0.5, 0.6) is 11.5 Å². The Morgan fingerprint density at radius 2 is 1.48 bits per heavy atom. The number of carbonyl (C=O) groups excluding carboxylic acids is 2. The number of aliphatic imine (C=N–C) groups is 1. The molecule has 1 saturated heterocycles. The Balaban J connectivity index is 1.55. The van der Waals surface area contributed by atoms with Crippen molar-refractivity contribution in [3.05, 3.63) is 144 Å². The number of nitriles is 1. The molecule has 0 saturated carbocycles. The zero-order chi connectivity index (χ0) is 43.2. The molecule has 6 rings (SSSR count). The summed E-state index contributed by atoms with van der Waals surface area (Å²) >= 11 is 0. The molecule has 4 N–H and O–H groups in total. The Hall–Kier alpha value is -5.29. The van der Waals surface area contributed by atoms with Gasteiger partial charge in [-0.2, -0.15) is 9.74 Å². The molecule has 2 heterocycles. The summed E-state index contributed by atoms with van der Waals surface area (Å²) in [5.41, 5.74) is 5.57. The molecule has 0 aliphatic carbocycles. The number of hydrogen-bond acceptors (Lipinski definition) is 10. The minimum Gasteiger partial charge on any atom is -0.497 e. The van der Waals surface area contributed by atoms with Crippen molar-refractivity contribution in [2.45, 2.75) is 88.5 Å². The Bertz CT molecular complexity index is 2170. The van der Waals surface area contributed by atoms with Crippen molar-refractivity contribution < 1.29 is 42.8 Å². The van der Waals surface area contributed by atoms with Gasteiger partial charge in [0.1, 0.15) is 35.5 Å². The van der Waals surface area contributed by atoms with Crippen molar-refractivity contribution in [3.8, 4) is 17.6 Å². The molecule has 2 aliphatic rings. The van der Waals surface area contributed by atoms with E-state index < -0.39 is 54.5 Å². The van der Waals surface area contributed by atoms with E-state index >= 15 is 0 Å². The lowest BCUT2D eigenvalue weighted by atomic mass is 9.62. The smallest absolute Gasteiger partial charge is 0.451 e. The molecule has 14 heteroatoms. The van der Waals surface area contributed by atoms with Crippen LogP contribution in [0, 0.1) is 11.3 Å². The number of hydrogen-bond donors (Lipinski definition) is 3. The molecule has 60 heavy (non-hydrogen) atoms. The van der Waals surface area contributed by atoms with E-state index in [9.17, 15) is 24.9 Å². The molecule has 4 aromatic carbocycles. The summed E-state index contributed by atoms with van der Waals surface area (Å²) in [4.78, 5) is 45.7. The van der Waals surface area contributed by atoms with Crippen LogP contribution < -0.4 is 15.0 Å². The number of amides is 3. The summed E-state index contributed by atoms with van der Waals surface area (Å²) in [5.74, 6) is 1.05. The van der Waals surface area contributed by atoms with E-state index in [2.05, 4.69) is 11.1 Å². The monoisotopic (exact) mass is 834 g/mol. The lowest BCUT2D eigenvalue weighted by Gasteiger charge is -2.47. The minimum absolute atomic E-state index is 0.0611. The van der Waals surface area contributed by atoms with Crippen molar-refractivity contribution in [1.82, 2.24) is 4.90 Å². The van der Waals surface area contributed by atoms with Crippen molar-refractivity contribution in [3.63, 3.8) is 0 Å². The van der Waals surface area contributed by atoms with Gasteiger partial charge in [-0.15, -0.1) is 4.99 Å². The summed E-state index contributed by atoms with van der Waals surface area (Å²) in [6.07, 6.45) is -0.592. The maximum atomic E-state index is 14.8. The summed E-state index contributed by atoms with van der Waals surface area (Å²) in [5, 5.41) is 23.0. The molecule has 6 atom stereocenters. The molecule has 314 valence electrons. The van der Waals surface area contributed by atoms with Crippen molar-refractivity contribution in [2.75, 3.05) is 14.2 Å². The zero-order valence-corrected chi connectivity index (χ0v) is 35.6. The first-order chi connectivity index (χ1) is 28.8. The number of carbonyl (C=O) groups is 2. The maximum Gasteiger partial charge on any atom is 0.451 e. The van der Waals surface area contributed by atoms with Crippen LogP contribution in [0.3, 0.4) is 0 Å². The van der Waals surface area contributed by atoms with Gasteiger partial charge in [-0.3, -0.25) is 15.2 Å². The first-order valence-corrected chi connectivity index (χ1v) is 21.1. The molecule has 2 aliphatic heterocycles. The van der Waals surface area contributed by atoms with Gasteiger partial charge in [0.2, 0.25) is 6.23 Å². The predicted octanol–water partition coefficient (Wildman–Crippen LogP) is 7.57. The standard InChI is InChI=1S/C46H53N5O8P/c1-31(2)50(43(52)33-14-9-7-10-15-33)39-26-29-51(32(3)4,44(53)49-39)40-30-45(54,27-13-28-47)41(58-40)42(59-60(48)55)46(34-16-11-8-12-17-34,35-18-22-37(56-5)23-19-35)36-20-24-38(57-6)25-21-36/h7-12,14-26,29,31-32,40-42,54-55H,13,27,30,48H2,1-6H3/q+1/t40-,41-,42?,45+,51?,60?/m1/s1. The highest BCUT2D eigenvalue weighted by Gasteiger charge is 2.65. The van der Waals surface area contributed by atoms with Crippen LogP contribution >= 0.6 is 8.53 Å². The number of benzene rings is 4. The predicted molar refractivity (Wildman–Crippen MR) is 229 cm³/mol. The first-order valence-electron chi connectivity index (χ1n) is 19.9. The topological polar surface area (TPSA) is 177 Å². The Kier molecular flexibility index (Phi) is 13.7. The number of rotatable bonds is 15. The van der Waals surface area contributed by atoms with Crippen LogP contribution in [-0.2, 0) is 14.7 Å². The average Bonchev–Trinajstić information content (AvgIpc) is 3.60. The highest BCUT2D eigenvalue weighted by molar-refractivity contribution is 7.43. The third-order valence-electron chi connectivity index (χ3n) is 11.6. The quantitative estimate of drug-likeness (QED) is 0.0615. The van der Waals surface area contributed by atoms with E-state index in [0.29, 0.717) is 33.8 Å². The number of ether oxygens (including phenoxy) is 3. The summed E-state index contributed by atoms with van der Waals surface area (Å²) in [6, 6.07) is 33.8. The van der Waals surface area contributed by atoms with Crippen molar-refractivity contribution in [1.29, 1.82) is 5.26 Å². The Morgan fingerprint density at radius 1 is 0.950 bits per heavy atom. The maximum absolute atomic E-state index is 14.8. The molecular weight excluding hydrogens is 782 g/mol. The lowest BCUT2D eigenvalue weighted by molar-refractivity contribution is -0.870. The Morgan fingerprint density at radius 3 is 1.95 bits per heavy atom. The first kappa shape index (κ1) is 44.3. The second-order valence-electron chi connectivity index (χ2n) is 15.6. The number of quaternary nitrogens is 1. The molecule has 1 fully saturated rings. The number of nitrogens with two attached hydrogens (primary N) is 1. The molecule has 4 aromatic rings. The fraction of sp³-hybridized carbons (Fsp3) is 0.348. The average molecular weight is 835 g/mol. The third-order valence-corrected chi connectivity index (χ3v) is 12.1. The largest absolute Gasteiger partial charge is 0.497 e. The van der Waals surface area contributed by atoms with Crippen LogP contribution in [-0.4, -0.2) is 87.5 Å². The summed E-state index contributed by atoms with van der Waals surface area (Å²) in [6.45, 7) is 7.40. The van der Waals surface area contributed by atoms with Gasteiger partial charge in [0.05, 0.1) is 38.2 Å². The summed E-state index contributed by atoms with van der Waals surface area (Å²) in [7, 11) is 0.520. The van der Waals surface area contributed by atoms with E-state index in [1.54, 1.807) is 50.8 Å². The molecule has 0 radical (unpaired) electrons. The number of methoxy groups -OCH3 is 2. The molecule has 13 nitrogen and oxygen atoms in total. The van der Waals surface area contributed by atoms with Gasteiger partial charge >= 0.3 is 6.03 Å². The highest BCUT2D eigenvalue weighted by atomic mass is 31.2. The van der Waals surface area contributed by atoms with Crippen LogP contribution in [0.2, 0.25) is 0 Å². The van der Waals surface area contributed by atoms with Gasteiger partial charge in [0.25, 0.3) is 14.4 Å². The molecule has 3 unspecified atom stereocenters. The summed E-state index contributed by atoms with van der Waals surface area (Å²) < 4.78 is 24.2. The van der Waals surface area contributed by atoms with Gasteiger partial charge in [-0.25, -0.2) is 4.79 Å². The van der Waals surface area contributed by atoms with Crippen LogP contribution in [0.1, 0.15) is 74.0 Å². The van der Waals surface area contributed by atoms with E-state index in [1.807, 2.05) is 113 Å². The van der Waals surface area contributed by atoms with Crippen LogP contribution in [0.15, 0.2) is 126 Å². The minimum atomic E-state index is -2.62. The van der Waals surface area contributed by atoms with E-state index in [-0.39, 0.29) is 37.0 Å². The number of nitrogens with zero attached hydrogens (tertiary/aromatic N) is 4. The SMILES string of the molecule is COc1ccc(C(c2ccccc2)(c2ccc(OC)cc2)C(OP(N)O)[C@H]2O[C@@H]([N+]3(C(C)C)C=CC(N(C(=O)c4ccccc4)C(C)C)=NC3=O)C[C@@]2(O)CCC#N)cc1. The van der Waals surface area contributed by atoms with Gasteiger partial charge in [0, 0.05) is 24.1 Å². The van der Waals surface area contributed by atoms with Crippen molar-refractivity contribution >= 4 is 26.3 Å². The van der Waals surface area contributed by atoms with Gasteiger partial charge < -0.3 is 28.7 Å². The van der Waals surface area contributed by atoms with E-state index in [1.165, 1.54) is 4.90 Å². The van der Waals surface area contributed by atoms with Crippen molar-refractivity contribution in [2.24, 2.45) is 10.5 Å². The second kappa shape index (κ2) is 18.5. The number of urea groups is 1. The fourth-order valence-electron chi connectivity index (χ4n) is 8.64. The van der Waals surface area contributed by atoms with Crippen LogP contribution in [0.25, 0.3) is 0 Å². The van der Waals surface area contributed by atoms with Gasteiger partial charge in [-0.1, -0.05) is 72.8 Å². The molecule has 3 amide bonds. The second-order valence-corrected chi connectivity index (χ2v) is 16.4. The highest BCUT2D eigenvalue weighted by Crippen LogP contribution is 2.54.